The molecule has 0 aromatic heterocycles. The van der Waals surface area contributed by atoms with E-state index in [9.17, 15) is 0 Å². The van der Waals surface area contributed by atoms with Crippen molar-refractivity contribution in [1.82, 2.24) is 0 Å². The van der Waals surface area contributed by atoms with Crippen molar-refractivity contribution < 1.29 is 0 Å². The quantitative estimate of drug-likeness (QED) is 0.760. The Morgan fingerprint density at radius 1 is 1.33 bits per heavy atom. The first-order valence-electron chi connectivity index (χ1n) is 5.85. The molecule has 0 aliphatic carbocycles. The minimum Gasteiger partial charge on any atom is -0.374 e. The average molecular weight is 204 g/mol. The predicted octanol–water partition coefficient (Wildman–Crippen LogP) is 1.96. The largest absolute Gasteiger partial charge is 0.374 e. The van der Waals surface area contributed by atoms with Gasteiger partial charge in [0.2, 0.25) is 0 Å². The van der Waals surface area contributed by atoms with Crippen LogP contribution in [-0.4, -0.2) is 20.1 Å². The van der Waals surface area contributed by atoms with Gasteiger partial charge in [0.15, 0.2) is 0 Å². The molecule has 0 atom stereocenters. The SMILES string of the molecule is CN1CCc2c(CCCCN)cccc21. The van der Waals surface area contributed by atoms with E-state index in [-0.39, 0.29) is 0 Å². The molecule has 0 amide bonds. The Morgan fingerprint density at radius 3 is 3.00 bits per heavy atom. The molecule has 0 fully saturated rings. The predicted molar refractivity (Wildman–Crippen MR) is 65.4 cm³/mol. The van der Waals surface area contributed by atoms with Gasteiger partial charge in [-0.3, -0.25) is 0 Å². The Hall–Kier alpha value is -1.02. The summed E-state index contributed by atoms with van der Waals surface area (Å²) in [5.41, 5.74) is 10.0. The molecule has 0 spiro atoms. The van der Waals surface area contributed by atoms with Crippen molar-refractivity contribution in [1.29, 1.82) is 0 Å². The van der Waals surface area contributed by atoms with Crippen LogP contribution in [0.4, 0.5) is 5.69 Å². The number of nitrogens with zero attached hydrogens (tertiary/aromatic N) is 1. The smallest absolute Gasteiger partial charge is 0.0399 e. The summed E-state index contributed by atoms with van der Waals surface area (Å²) in [4.78, 5) is 2.35. The summed E-state index contributed by atoms with van der Waals surface area (Å²) in [7, 11) is 2.18. The summed E-state index contributed by atoms with van der Waals surface area (Å²) < 4.78 is 0. The average Bonchev–Trinajstić information content (AvgIpc) is 2.62. The molecule has 2 rings (SSSR count). The van der Waals surface area contributed by atoms with E-state index in [1.165, 1.54) is 37.1 Å². The van der Waals surface area contributed by atoms with E-state index in [4.69, 9.17) is 5.73 Å². The van der Waals surface area contributed by atoms with Crippen LogP contribution in [0.25, 0.3) is 0 Å². The highest BCUT2D eigenvalue weighted by Gasteiger charge is 2.17. The van der Waals surface area contributed by atoms with Gasteiger partial charge in [-0.15, -0.1) is 0 Å². The van der Waals surface area contributed by atoms with E-state index in [1.54, 1.807) is 5.56 Å². The Morgan fingerprint density at radius 2 is 2.20 bits per heavy atom. The van der Waals surface area contributed by atoms with Crippen LogP contribution in [0.3, 0.4) is 0 Å². The maximum Gasteiger partial charge on any atom is 0.0399 e. The number of rotatable bonds is 4. The zero-order valence-electron chi connectivity index (χ0n) is 9.50. The monoisotopic (exact) mass is 204 g/mol. The fourth-order valence-electron chi connectivity index (χ4n) is 2.36. The van der Waals surface area contributed by atoms with Crippen LogP contribution in [0.15, 0.2) is 18.2 Å². The summed E-state index contributed by atoms with van der Waals surface area (Å²) in [6, 6.07) is 6.68. The topological polar surface area (TPSA) is 29.3 Å². The molecule has 1 aromatic rings. The Balaban J connectivity index is 2.12. The van der Waals surface area contributed by atoms with Gasteiger partial charge in [0.25, 0.3) is 0 Å². The molecule has 15 heavy (non-hydrogen) atoms. The number of anilines is 1. The number of nitrogens with two attached hydrogens (primary N) is 1. The number of hydrogen-bond donors (Lipinski definition) is 1. The van der Waals surface area contributed by atoms with E-state index < -0.39 is 0 Å². The van der Waals surface area contributed by atoms with Gasteiger partial charge in [-0.2, -0.15) is 0 Å². The number of fused-ring (bicyclic) bond motifs is 1. The van der Waals surface area contributed by atoms with Gasteiger partial charge in [-0.05, 0) is 49.4 Å². The lowest BCUT2D eigenvalue weighted by Crippen LogP contribution is -2.12. The molecule has 1 aliphatic rings. The van der Waals surface area contributed by atoms with Crippen molar-refractivity contribution in [2.75, 3.05) is 25.0 Å². The lowest BCUT2D eigenvalue weighted by molar-refractivity contribution is 0.741. The van der Waals surface area contributed by atoms with Crippen LogP contribution in [-0.2, 0) is 12.8 Å². The van der Waals surface area contributed by atoms with E-state index >= 15 is 0 Å². The minimum atomic E-state index is 0.814. The van der Waals surface area contributed by atoms with Crippen LogP contribution in [0.1, 0.15) is 24.0 Å². The van der Waals surface area contributed by atoms with Crippen molar-refractivity contribution in [2.24, 2.45) is 5.73 Å². The van der Waals surface area contributed by atoms with Crippen LogP contribution >= 0.6 is 0 Å². The van der Waals surface area contributed by atoms with E-state index in [1.807, 2.05) is 0 Å². The third-order valence-corrected chi connectivity index (χ3v) is 3.26. The molecule has 1 heterocycles. The summed E-state index contributed by atoms with van der Waals surface area (Å²) in [5.74, 6) is 0. The summed E-state index contributed by atoms with van der Waals surface area (Å²) in [6.45, 7) is 1.98. The van der Waals surface area contributed by atoms with Gasteiger partial charge in [-0.25, -0.2) is 0 Å². The normalized spacial score (nSPS) is 14.4. The lowest BCUT2D eigenvalue weighted by atomic mass is 10.00. The van der Waals surface area contributed by atoms with Gasteiger partial charge < -0.3 is 10.6 Å². The standard InChI is InChI=1S/C13H20N2/c1-15-10-8-12-11(5-2-3-9-14)6-4-7-13(12)15/h4,6-7H,2-3,5,8-10,14H2,1H3. The summed E-state index contributed by atoms with van der Waals surface area (Å²) in [6.07, 6.45) is 4.76. The second-order valence-corrected chi connectivity index (χ2v) is 4.33. The van der Waals surface area contributed by atoms with Gasteiger partial charge in [0.05, 0.1) is 0 Å². The number of likely N-dealkylation sites (N-methyl/N-ethyl adjacent to an activating group) is 1. The highest BCUT2D eigenvalue weighted by molar-refractivity contribution is 5.60. The second kappa shape index (κ2) is 4.67. The van der Waals surface area contributed by atoms with Gasteiger partial charge in [0, 0.05) is 19.3 Å². The van der Waals surface area contributed by atoms with Gasteiger partial charge >= 0.3 is 0 Å². The van der Waals surface area contributed by atoms with E-state index in [0.29, 0.717) is 0 Å². The van der Waals surface area contributed by atoms with E-state index in [2.05, 4.69) is 30.1 Å². The molecular formula is C13H20N2. The zero-order chi connectivity index (χ0) is 10.7. The summed E-state index contributed by atoms with van der Waals surface area (Å²) in [5, 5.41) is 0. The van der Waals surface area contributed by atoms with Crippen LogP contribution in [0, 0.1) is 0 Å². The molecule has 82 valence electrons. The van der Waals surface area contributed by atoms with Gasteiger partial charge in [-0.1, -0.05) is 12.1 Å². The third kappa shape index (κ3) is 2.15. The van der Waals surface area contributed by atoms with Crippen LogP contribution in [0.5, 0.6) is 0 Å². The van der Waals surface area contributed by atoms with Crippen molar-refractivity contribution >= 4 is 5.69 Å². The molecule has 0 unspecified atom stereocenters. The Bertz CT molecular complexity index is 333. The van der Waals surface area contributed by atoms with Crippen molar-refractivity contribution in [3.63, 3.8) is 0 Å². The van der Waals surface area contributed by atoms with Crippen molar-refractivity contribution in [2.45, 2.75) is 25.7 Å². The Labute approximate surface area is 92.1 Å². The molecule has 0 radical (unpaired) electrons. The molecule has 0 saturated carbocycles. The first-order chi connectivity index (χ1) is 7.33. The van der Waals surface area contributed by atoms with Crippen LogP contribution < -0.4 is 10.6 Å². The number of hydrogen-bond acceptors (Lipinski definition) is 2. The fraction of sp³-hybridized carbons (Fsp3) is 0.538. The number of benzene rings is 1. The van der Waals surface area contributed by atoms with Crippen LogP contribution in [0.2, 0.25) is 0 Å². The maximum absolute atomic E-state index is 5.52. The first kappa shape index (κ1) is 10.5. The second-order valence-electron chi connectivity index (χ2n) is 4.33. The highest BCUT2D eigenvalue weighted by atomic mass is 15.1. The molecule has 2 heteroatoms. The maximum atomic E-state index is 5.52. The fourth-order valence-corrected chi connectivity index (χ4v) is 2.36. The number of unbranched alkanes of at least 4 members (excludes halogenated alkanes) is 1. The number of aryl methyl sites for hydroxylation is 1. The van der Waals surface area contributed by atoms with Gasteiger partial charge in [0.1, 0.15) is 0 Å². The Kier molecular flexibility index (Phi) is 3.27. The molecule has 2 N–H and O–H groups in total. The van der Waals surface area contributed by atoms with Crippen molar-refractivity contribution in [3.05, 3.63) is 29.3 Å². The minimum absolute atomic E-state index is 0.814. The lowest BCUT2D eigenvalue weighted by Gasteiger charge is -2.13. The molecular weight excluding hydrogens is 184 g/mol. The first-order valence-corrected chi connectivity index (χ1v) is 5.85. The zero-order valence-corrected chi connectivity index (χ0v) is 9.50. The van der Waals surface area contributed by atoms with E-state index in [0.717, 1.165) is 13.0 Å². The highest BCUT2D eigenvalue weighted by Crippen LogP contribution is 2.30. The van der Waals surface area contributed by atoms with Crippen molar-refractivity contribution in [3.8, 4) is 0 Å². The molecule has 1 aromatic carbocycles. The molecule has 2 nitrogen and oxygen atoms in total. The molecule has 0 saturated heterocycles. The third-order valence-electron chi connectivity index (χ3n) is 3.26. The molecule has 0 bridgehead atoms. The summed E-state index contributed by atoms with van der Waals surface area (Å²) >= 11 is 0. The molecule has 1 aliphatic heterocycles.